The number of para-hydroxylation sites is 2. The minimum atomic E-state index is -3.55. The third kappa shape index (κ3) is 8.22. The molecule has 2 aromatic heterocycles. The van der Waals surface area contributed by atoms with Gasteiger partial charge >= 0.3 is 12.1 Å². The topological polar surface area (TPSA) is 194 Å². The molecule has 2 fully saturated rings. The number of rotatable bonds is 5. The Morgan fingerprint density at radius 2 is 1.85 bits per heavy atom. The molecule has 1 aliphatic carbocycles. The fourth-order valence-electron chi connectivity index (χ4n) is 6.74. The summed E-state index contributed by atoms with van der Waals surface area (Å²) in [6.45, 7) is 6.68. The van der Waals surface area contributed by atoms with Crippen molar-refractivity contribution in [3.63, 3.8) is 0 Å². The summed E-state index contributed by atoms with van der Waals surface area (Å²) in [6.07, 6.45) is 1.87. The van der Waals surface area contributed by atoms with Crippen LogP contribution in [0.25, 0.3) is 21.6 Å². The van der Waals surface area contributed by atoms with E-state index >= 15 is 0 Å². The predicted octanol–water partition coefficient (Wildman–Crippen LogP) is 3.96. The maximum atomic E-state index is 14.6. The molecule has 6 atom stereocenters. The maximum Gasteiger partial charge on any atom is 0.408 e. The predicted molar refractivity (Wildman–Crippen MR) is 193 cm³/mol. The molecule has 3 amide bonds. The average molecular weight is 754 g/mol. The number of hydrogen-bond acceptors (Lipinski definition) is 11. The minimum absolute atomic E-state index is 0.00204. The zero-order valence-electron chi connectivity index (χ0n) is 29.4. The van der Waals surface area contributed by atoms with Crippen molar-refractivity contribution in [1.82, 2.24) is 25.5 Å². The van der Waals surface area contributed by atoms with E-state index in [1.165, 1.54) is 28.4 Å². The van der Waals surface area contributed by atoms with Crippen molar-refractivity contribution >= 4 is 56.1 Å². The number of amides is 3. The van der Waals surface area contributed by atoms with Gasteiger partial charge in [-0.15, -0.1) is 11.3 Å². The van der Waals surface area contributed by atoms with Crippen molar-refractivity contribution in [3.8, 4) is 16.5 Å². The summed E-state index contributed by atoms with van der Waals surface area (Å²) in [4.78, 5) is 66.0. The molecular formula is C36H43N5O9S2. The smallest absolute Gasteiger partial charge is 0.408 e. The number of alkyl carbamates (subject to hydrolysis) is 1. The fraction of sp³-hybridized carbons (Fsp3) is 0.500. The van der Waals surface area contributed by atoms with Crippen LogP contribution in [0.5, 0.6) is 5.88 Å². The van der Waals surface area contributed by atoms with Gasteiger partial charge in [-0.3, -0.25) is 9.59 Å². The van der Waals surface area contributed by atoms with Crippen LogP contribution in [0.1, 0.15) is 53.4 Å². The van der Waals surface area contributed by atoms with E-state index in [1.54, 1.807) is 33.8 Å². The molecule has 4 unspecified atom stereocenters. The highest BCUT2D eigenvalue weighted by Gasteiger charge is 2.61. The normalized spacial score (nSPS) is 28.6. The molecule has 0 bridgehead atoms. The highest BCUT2D eigenvalue weighted by Crippen LogP contribution is 2.45. The molecule has 52 heavy (non-hydrogen) atoms. The second-order valence-corrected chi connectivity index (χ2v) is 17.9. The van der Waals surface area contributed by atoms with Gasteiger partial charge in [-0.1, -0.05) is 37.3 Å². The van der Waals surface area contributed by atoms with E-state index in [-0.39, 0.29) is 49.6 Å². The third-order valence-electron chi connectivity index (χ3n) is 9.50. The Morgan fingerprint density at radius 1 is 1.12 bits per heavy atom. The van der Waals surface area contributed by atoms with Gasteiger partial charge < -0.3 is 30.1 Å². The molecule has 278 valence electrons. The van der Waals surface area contributed by atoms with Gasteiger partial charge in [-0.2, -0.15) is 0 Å². The molecule has 16 heteroatoms. The number of hydrogen-bond donors (Lipinski definition) is 3. The third-order valence-corrected chi connectivity index (χ3v) is 12.0. The molecule has 2 aliphatic heterocycles. The van der Waals surface area contributed by atoms with Gasteiger partial charge in [-0.05, 0) is 69.5 Å². The molecule has 1 saturated heterocycles. The number of fused-ring (bicyclic) bond motifs is 3. The van der Waals surface area contributed by atoms with Crippen LogP contribution < -0.4 is 15.4 Å². The largest absolute Gasteiger partial charge is 0.479 e. The number of nitrogens with one attached hydrogen (secondary N) is 2. The molecule has 0 radical (unpaired) electrons. The molecular weight excluding hydrogens is 711 g/mol. The summed E-state index contributed by atoms with van der Waals surface area (Å²) < 4.78 is 37.6. The number of carboxylic acids is 1. The first-order chi connectivity index (χ1) is 24.5. The lowest BCUT2D eigenvalue weighted by Gasteiger charge is -2.32. The van der Waals surface area contributed by atoms with Crippen LogP contribution in [-0.4, -0.2) is 99.6 Å². The van der Waals surface area contributed by atoms with Gasteiger partial charge in [0.15, 0.2) is 9.84 Å². The van der Waals surface area contributed by atoms with Crippen molar-refractivity contribution in [1.29, 1.82) is 0 Å². The van der Waals surface area contributed by atoms with Crippen LogP contribution in [0.4, 0.5) is 4.79 Å². The van der Waals surface area contributed by atoms with E-state index in [4.69, 9.17) is 19.4 Å². The van der Waals surface area contributed by atoms with Crippen LogP contribution >= 0.6 is 11.3 Å². The zero-order valence-corrected chi connectivity index (χ0v) is 31.0. The number of carboxylic acid groups (broad SMARTS) is 1. The zero-order chi connectivity index (χ0) is 37.4. The lowest BCUT2D eigenvalue weighted by atomic mass is 9.95. The number of aliphatic carboxylic acids is 1. The second-order valence-electron chi connectivity index (χ2n) is 14.7. The van der Waals surface area contributed by atoms with Crippen LogP contribution in [0.15, 0.2) is 53.9 Å². The Kier molecular flexibility index (Phi) is 10.3. The molecule has 3 aromatic rings. The van der Waals surface area contributed by atoms with Crippen molar-refractivity contribution in [3.05, 3.63) is 53.9 Å². The Morgan fingerprint density at radius 3 is 2.52 bits per heavy atom. The Bertz CT molecular complexity index is 2000. The minimum Gasteiger partial charge on any atom is -0.479 e. The highest BCUT2D eigenvalue weighted by molar-refractivity contribution is 7.91. The average Bonchev–Trinajstić information content (AvgIpc) is 3.38. The maximum absolute atomic E-state index is 14.6. The Hall–Kier alpha value is -4.57. The summed E-state index contributed by atoms with van der Waals surface area (Å²) in [7, 11) is -3.55. The number of carbonyl (C=O) groups excluding carboxylic acids is 3. The molecule has 3 aliphatic rings. The summed E-state index contributed by atoms with van der Waals surface area (Å²) in [5.74, 6) is -4.04. The number of ether oxygens (including phenoxy) is 2. The first-order valence-electron chi connectivity index (χ1n) is 17.2. The quantitative estimate of drug-likeness (QED) is 0.320. The molecule has 4 heterocycles. The van der Waals surface area contributed by atoms with E-state index in [1.807, 2.05) is 35.7 Å². The van der Waals surface area contributed by atoms with Crippen molar-refractivity contribution in [2.24, 2.45) is 11.8 Å². The molecule has 6 rings (SSSR count). The number of sulfone groups is 1. The molecule has 14 nitrogen and oxygen atoms in total. The first kappa shape index (κ1) is 37.2. The summed E-state index contributed by atoms with van der Waals surface area (Å²) in [5.41, 5.74) is -0.801. The fourth-order valence-corrected chi connectivity index (χ4v) is 8.62. The van der Waals surface area contributed by atoms with Gasteiger partial charge in [-0.25, -0.2) is 28.0 Å². The van der Waals surface area contributed by atoms with E-state index in [0.29, 0.717) is 16.7 Å². The van der Waals surface area contributed by atoms with Gasteiger partial charge in [0, 0.05) is 12.3 Å². The van der Waals surface area contributed by atoms with E-state index < -0.39 is 74.9 Å². The summed E-state index contributed by atoms with van der Waals surface area (Å²) in [6, 6.07) is 8.73. The highest BCUT2D eigenvalue weighted by atomic mass is 32.2. The number of nitrogens with zero attached hydrogens (tertiary/aromatic N) is 3. The van der Waals surface area contributed by atoms with Crippen LogP contribution in [0.3, 0.4) is 0 Å². The van der Waals surface area contributed by atoms with Crippen molar-refractivity contribution in [2.45, 2.75) is 82.7 Å². The lowest BCUT2D eigenvalue weighted by molar-refractivity contribution is -0.146. The molecule has 3 N–H and O–H groups in total. The lowest BCUT2D eigenvalue weighted by Crippen LogP contribution is -2.58. The standard InChI is InChI=1S/C36H43N5O9S2/c1-21-10-8-16-52(47,48)17-9-11-22-19-36(22,33(44)45)40-30(42)26-18-23(20-41(26)32(43)28(21)39-34(46)50-35(2,3)4)49-31-29(27-14-7-15-51-27)37-24-12-5-6-13-25(24)38-31/h5-7,9,11-15,21-23,26,28H,8,10,16-20H2,1-4H3,(H,39,46)(H,40,42)(H,44,45)/b11-9-/t21?,22?,23-,26?,28-,36?/m1/s1. The van der Waals surface area contributed by atoms with Crippen molar-refractivity contribution in [2.75, 3.05) is 18.1 Å². The second kappa shape index (κ2) is 14.5. The molecule has 0 spiro atoms. The van der Waals surface area contributed by atoms with Gasteiger partial charge in [0.05, 0.1) is 34.0 Å². The van der Waals surface area contributed by atoms with Gasteiger partial charge in [0.1, 0.15) is 35.0 Å². The van der Waals surface area contributed by atoms with Crippen LogP contribution in [-0.2, 0) is 29.0 Å². The number of thiophene rings is 1. The first-order valence-corrected chi connectivity index (χ1v) is 19.9. The van der Waals surface area contributed by atoms with Gasteiger partial charge in [0.25, 0.3) is 0 Å². The monoisotopic (exact) mass is 753 g/mol. The van der Waals surface area contributed by atoms with Gasteiger partial charge in [0.2, 0.25) is 17.7 Å². The summed E-state index contributed by atoms with van der Waals surface area (Å²) in [5, 5.41) is 17.5. The SMILES string of the molecule is CC1CCCS(=O)(=O)C/C=C\C2CC2(C(=O)O)NC(=O)C2C[C@@H](Oc3nc4ccccc4nc3-c3cccs3)CN2C(=O)[C@@H]1NC(=O)OC(C)(C)C. The molecule has 1 saturated carbocycles. The Labute approximate surface area is 305 Å². The number of benzene rings is 1. The number of carbonyl (C=O) groups is 4. The Balaban J connectivity index is 1.36. The van der Waals surface area contributed by atoms with E-state index in [9.17, 15) is 32.7 Å². The molecule has 1 aromatic carbocycles. The number of aromatic nitrogens is 2. The van der Waals surface area contributed by atoms with Crippen molar-refractivity contribution < 1.29 is 42.2 Å². The van der Waals surface area contributed by atoms with E-state index in [2.05, 4.69) is 10.6 Å². The van der Waals surface area contributed by atoms with E-state index in [0.717, 1.165) is 4.88 Å². The van der Waals surface area contributed by atoms with Crippen LogP contribution in [0.2, 0.25) is 0 Å². The van der Waals surface area contributed by atoms with Crippen LogP contribution in [0, 0.1) is 11.8 Å². The summed E-state index contributed by atoms with van der Waals surface area (Å²) >= 11 is 1.45.